The molecule has 0 atom stereocenters. The van der Waals surface area contributed by atoms with Gasteiger partial charge < -0.3 is 14.8 Å². The van der Waals surface area contributed by atoms with Gasteiger partial charge in [0.1, 0.15) is 11.5 Å². The van der Waals surface area contributed by atoms with Crippen LogP contribution in [0.3, 0.4) is 0 Å². The minimum Gasteiger partial charge on any atom is -0.497 e. The first-order valence-electron chi connectivity index (χ1n) is 9.96. The number of amides is 1. The second kappa shape index (κ2) is 8.82. The standard InChI is InChI=1S/C25H25NO3/c1-28-23-4-2-3-18(15-23)7-12-25(27)26-17-19-5-8-20(9-6-19)21-10-11-24-22(16-21)13-14-29-24/h2-6,8-11,15-16H,7,12-14,17H2,1H3,(H,26,27). The Kier molecular flexibility index (Phi) is 5.80. The van der Waals surface area contributed by atoms with E-state index in [9.17, 15) is 4.79 Å². The largest absolute Gasteiger partial charge is 0.497 e. The summed E-state index contributed by atoms with van der Waals surface area (Å²) < 4.78 is 10.8. The van der Waals surface area contributed by atoms with Crippen LogP contribution in [-0.4, -0.2) is 19.6 Å². The van der Waals surface area contributed by atoms with Gasteiger partial charge in [0.2, 0.25) is 5.91 Å². The van der Waals surface area contributed by atoms with E-state index in [4.69, 9.17) is 9.47 Å². The lowest BCUT2D eigenvalue weighted by molar-refractivity contribution is -0.121. The molecule has 1 N–H and O–H groups in total. The first kappa shape index (κ1) is 19.1. The third-order valence-corrected chi connectivity index (χ3v) is 5.24. The van der Waals surface area contributed by atoms with Crippen molar-refractivity contribution in [2.75, 3.05) is 13.7 Å². The van der Waals surface area contributed by atoms with Gasteiger partial charge in [0.05, 0.1) is 13.7 Å². The van der Waals surface area contributed by atoms with Crippen molar-refractivity contribution >= 4 is 5.91 Å². The molecule has 1 amide bonds. The van der Waals surface area contributed by atoms with Gasteiger partial charge in [-0.25, -0.2) is 0 Å². The molecule has 0 bridgehead atoms. The number of fused-ring (bicyclic) bond motifs is 1. The molecule has 0 fully saturated rings. The maximum atomic E-state index is 12.2. The normalized spacial score (nSPS) is 12.2. The maximum Gasteiger partial charge on any atom is 0.220 e. The monoisotopic (exact) mass is 387 g/mol. The Bertz CT molecular complexity index is 995. The molecule has 4 heteroatoms. The molecular weight excluding hydrogens is 362 g/mol. The third kappa shape index (κ3) is 4.77. The van der Waals surface area contributed by atoms with Crippen molar-refractivity contribution in [2.45, 2.75) is 25.8 Å². The molecule has 0 unspecified atom stereocenters. The zero-order chi connectivity index (χ0) is 20.1. The molecule has 29 heavy (non-hydrogen) atoms. The van der Waals surface area contributed by atoms with Crippen molar-refractivity contribution in [1.29, 1.82) is 0 Å². The van der Waals surface area contributed by atoms with Crippen molar-refractivity contribution < 1.29 is 14.3 Å². The molecule has 148 valence electrons. The zero-order valence-electron chi connectivity index (χ0n) is 16.6. The zero-order valence-corrected chi connectivity index (χ0v) is 16.6. The molecule has 0 saturated heterocycles. The van der Waals surface area contributed by atoms with E-state index in [0.717, 1.165) is 35.7 Å². The van der Waals surface area contributed by atoms with Crippen LogP contribution in [-0.2, 0) is 24.2 Å². The van der Waals surface area contributed by atoms with Gasteiger partial charge >= 0.3 is 0 Å². The molecular formula is C25H25NO3. The maximum absolute atomic E-state index is 12.2. The molecule has 1 aliphatic rings. The summed E-state index contributed by atoms with van der Waals surface area (Å²) in [7, 11) is 1.65. The van der Waals surface area contributed by atoms with Gasteiger partial charge in [-0.05, 0) is 58.5 Å². The Balaban J connectivity index is 1.29. The molecule has 4 nitrogen and oxygen atoms in total. The molecule has 0 saturated carbocycles. The predicted molar refractivity (Wildman–Crippen MR) is 114 cm³/mol. The average Bonchev–Trinajstić information content (AvgIpc) is 3.24. The molecule has 0 radical (unpaired) electrons. The highest BCUT2D eigenvalue weighted by Crippen LogP contribution is 2.30. The number of rotatable bonds is 7. The number of ether oxygens (including phenoxy) is 2. The second-order valence-corrected chi connectivity index (χ2v) is 7.25. The van der Waals surface area contributed by atoms with E-state index in [-0.39, 0.29) is 5.91 Å². The van der Waals surface area contributed by atoms with E-state index >= 15 is 0 Å². The number of hydrogen-bond acceptors (Lipinski definition) is 3. The highest BCUT2D eigenvalue weighted by Gasteiger charge is 2.12. The molecule has 1 heterocycles. The summed E-state index contributed by atoms with van der Waals surface area (Å²) >= 11 is 0. The van der Waals surface area contributed by atoms with Gasteiger partial charge in [-0.2, -0.15) is 0 Å². The van der Waals surface area contributed by atoms with Crippen LogP contribution in [0.1, 0.15) is 23.1 Å². The van der Waals surface area contributed by atoms with Crippen LogP contribution in [0.2, 0.25) is 0 Å². The van der Waals surface area contributed by atoms with Crippen LogP contribution >= 0.6 is 0 Å². The van der Waals surface area contributed by atoms with Gasteiger partial charge in [-0.15, -0.1) is 0 Å². The molecule has 3 aromatic carbocycles. The number of aryl methyl sites for hydroxylation is 1. The third-order valence-electron chi connectivity index (χ3n) is 5.24. The fraction of sp³-hybridized carbons (Fsp3) is 0.240. The van der Waals surface area contributed by atoms with E-state index in [1.54, 1.807) is 7.11 Å². The summed E-state index contributed by atoms with van der Waals surface area (Å²) in [6.07, 6.45) is 2.13. The minimum absolute atomic E-state index is 0.0514. The van der Waals surface area contributed by atoms with Gasteiger partial charge in [0.15, 0.2) is 0 Å². The van der Waals surface area contributed by atoms with Crippen LogP contribution in [0.15, 0.2) is 66.7 Å². The van der Waals surface area contributed by atoms with Crippen LogP contribution in [0, 0.1) is 0 Å². The van der Waals surface area contributed by atoms with E-state index in [1.165, 1.54) is 16.7 Å². The van der Waals surface area contributed by atoms with Crippen molar-refractivity contribution in [1.82, 2.24) is 5.32 Å². The number of hydrogen-bond donors (Lipinski definition) is 1. The first-order valence-corrected chi connectivity index (χ1v) is 9.96. The van der Waals surface area contributed by atoms with Crippen molar-refractivity contribution in [2.24, 2.45) is 0 Å². The van der Waals surface area contributed by atoms with Gasteiger partial charge in [0.25, 0.3) is 0 Å². The summed E-state index contributed by atoms with van der Waals surface area (Å²) in [5.74, 6) is 1.87. The summed E-state index contributed by atoms with van der Waals surface area (Å²) in [4.78, 5) is 12.2. The molecule has 0 aromatic heterocycles. The highest BCUT2D eigenvalue weighted by atomic mass is 16.5. The number of benzene rings is 3. The van der Waals surface area contributed by atoms with E-state index in [2.05, 4.69) is 41.7 Å². The lowest BCUT2D eigenvalue weighted by Crippen LogP contribution is -2.22. The topological polar surface area (TPSA) is 47.6 Å². The molecule has 4 rings (SSSR count). The van der Waals surface area contributed by atoms with Gasteiger partial charge in [0, 0.05) is 19.4 Å². The van der Waals surface area contributed by atoms with Crippen LogP contribution in [0.25, 0.3) is 11.1 Å². The number of carbonyl (C=O) groups excluding carboxylic acids is 1. The predicted octanol–water partition coefficient (Wildman–Crippen LogP) is 4.55. The minimum atomic E-state index is 0.0514. The molecule has 0 aliphatic carbocycles. The van der Waals surface area contributed by atoms with E-state index in [0.29, 0.717) is 19.4 Å². The summed E-state index contributed by atoms with van der Waals surface area (Å²) in [5, 5.41) is 3.00. The van der Waals surface area contributed by atoms with Crippen LogP contribution in [0.5, 0.6) is 11.5 Å². The first-order chi connectivity index (χ1) is 14.2. The Morgan fingerprint density at radius 1 is 1.00 bits per heavy atom. The highest BCUT2D eigenvalue weighted by molar-refractivity contribution is 5.76. The molecule has 0 spiro atoms. The van der Waals surface area contributed by atoms with Gasteiger partial charge in [-0.3, -0.25) is 4.79 Å². The number of carbonyl (C=O) groups is 1. The molecule has 1 aliphatic heterocycles. The molecule has 3 aromatic rings. The fourth-order valence-electron chi connectivity index (χ4n) is 3.56. The smallest absolute Gasteiger partial charge is 0.220 e. The Labute approximate surface area is 171 Å². The SMILES string of the molecule is COc1cccc(CCC(=O)NCc2ccc(-c3ccc4c(c3)CCO4)cc2)c1. The quantitative estimate of drug-likeness (QED) is 0.647. The lowest BCUT2D eigenvalue weighted by atomic mass is 10.0. The summed E-state index contributed by atoms with van der Waals surface area (Å²) in [5.41, 5.74) is 5.84. The van der Waals surface area contributed by atoms with Gasteiger partial charge in [-0.1, -0.05) is 42.5 Å². The van der Waals surface area contributed by atoms with Crippen molar-refractivity contribution in [3.63, 3.8) is 0 Å². The van der Waals surface area contributed by atoms with Crippen LogP contribution < -0.4 is 14.8 Å². The Morgan fingerprint density at radius 2 is 1.83 bits per heavy atom. The average molecular weight is 387 g/mol. The van der Waals surface area contributed by atoms with Crippen molar-refractivity contribution in [3.8, 4) is 22.6 Å². The summed E-state index contributed by atoms with van der Waals surface area (Å²) in [6.45, 7) is 1.31. The van der Waals surface area contributed by atoms with Crippen molar-refractivity contribution in [3.05, 3.63) is 83.4 Å². The Hall–Kier alpha value is -3.27. The summed E-state index contributed by atoms with van der Waals surface area (Å²) in [6, 6.07) is 22.5. The Morgan fingerprint density at radius 3 is 2.66 bits per heavy atom. The lowest BCUT2D eigenvalue weighted by Gasteiger charge is -2.08. The fourth-order valence-corrected chi connectivity index (χ4v) is 3.56. The van der Waals surface area contributed by atoms with Crippen LogP contribution in [0.4, 0.5) is 0 Å². The number of nitrogens with one attached hydrogen (secondary N) is 1. The van der Waals surface area contributed by atoms with E-state index < -0.39 is 0 Å². The van der Waals surface area contributed by atoms with E-state index in [1.807, 2.05) is 30.3 Å². The second-order valence-electron chi connectivity index (χ2n) is 7.25. The number of methoxy groups -OCH3 is 1.